The SMILES string of the molecule is CSc1ccc(-c2ccc3[nH]ccc3c2)cc1. The molecule has 0 bridgehead atoms. The van der Waals surface area contributed by atoms with Crippen molar-refractivity contribution in [3.63, 3.8) is 0 Å². The van der Waals surface area contributed by atoms with Gasteiger partial charge in [-0.25, -0.2) is 0 Å². The average Bonchev–Trinajstić information content (AvgIpc) is 2.86. The summed E-state index contributed by atoms with van der Waals surface area (Å²) in [6, 6.07) is 17.3. The van der Waals surface area contributed by atoms with Crippen LogP contribution in [0.25, 0.3) is 22.0 Å². The lowest BCUT2D eigenvalue weighted by Gasteiger charge is -2.03. The summed E-state index contributed by atoms with van der Waals surface area (Å²) in [4.78, 5) is 4.52. The summed E-state index contributed by atoms with van der Waals surface area (Å²) in [6.45, 7) is 0. The molecule has 0 atom stereocenters. The lowest BCUT2D eigenvalue weighted by Crippen LogP contribution is -1.78. The molecule has 0 aliphatic rings. The molecule has 2 aromatic carbocycles. The van der Waals surface area contributed by atoms with Crippen LogP contribution in [0.4, 0.5) is 0 Å². The van der Waals surface area contributed by atoms with Crippen molar-refractivity contribution in [2.75, 3.05) is 6.26 Å². The summed E-state index contributed by atoms with van der Waals surface area (Å²) >= 11 is 1.77. The van der Waals surface area contributed by atoms with Gasteiger partial charge in [-0.15, -0.1) is 11.8 Å². The van der Waals surface area contributed by atoms with Gasteiger partial charge in [0.05, 0.1) is 0 Å². The van der Waals surface area contributed by atoms with Crippen molar-refractivity contribution >= 4 is 22.7 Å². The molecule has 0 aliphatic carbocycles. The number of fused-ring (bicyclic) bond motifs is 1. The van der Waals surface area contributed by atoms with E-state index in [1.165, 1.54) is 26.9 Å². The van der Waals surface area contributed by atoms with Crippen LogP contribution in [0.3, 0.4) is 0 Å². The summed E-state index contributed by atoms with van der Waals surface area (Å²) < 4.78 is 0. The maximum atomic E-state index is 3.21. The first-order chi connectivity index (χ1) is 8.36. The molecule has 1 aromatic heterocycles. The summed E-state index contributed by atoms with van der Waals surface area (Å²) in [6.07, 6.45) is 4.08. The molecule has 0 fully saturated rings. The van der Waals surface area contributed by atoms with Crippen molar-refractivity contribution in [2.24, 2.45) is 0 Å². The third-order valence-corrected chi connectivity index (χ3v) is 3.72. The van der Waals surface area contributed by atoms with E-state index in [0.29, 0.717) is 0 Å². The summed E-state index contributed by atoms with van der Waals surface area (Å²) in [7, 11) is 0. The summed E-state index contributed by atoms with van der Waals surface area (Å²) in [5.74, 6) is 0. The molecule has 0 unspecified atom stereocenters. The quantitative estimate of drug-likeness (QED) is 0.648. The predicted molar refractivity (Wildman–Crippen MR) is 75.5 cm³/mol. The van der Waals surface area contributed by atoms with E-state index in [9.17, 15) is 0 Å². The Morgan fingerprint density at radius 1 is 0.882 bits per heavy atom. The molecule has 1 N–H and O–H groups in total. The Hall–Kier alpha value is -1.67. The van der Waals surface area contributed by atoms with E-state index in [1.807, 2.05) is 6.20 Å². The van der Waals surface area contributed by atoms with Crippen LogP contribution in [0.1, 0.15) is 0 Å². The van der Waals surface area contributed by atoms with Crippen molar-refractivity contribution in [2.45, 2.75) is 4.90 Å². The molecule has 3 aromatic rings. The fourth-order valence-corrected chi connectivity index (χ4v) is 2.42. The highest BCUT2D eigenvalue weighted by atomic mass is 32.2. The molecule has 84 valence electrons. The maximum Gasteiger partial charge on any atom is 0.0454 e. The number of rotatable bonds is 2. The van der Waals surface area contributed by atoms with Gasteiger partial charge in [0, 0.05) is 16.6 Å². The van der Waals surface area contributed by atoms with Crippen molar-refractivity contribution in [3.8, 4) is 11.1 Å². The predicted octanol–water partition coefficient (Wildman–Crippen LogP) is 4.56. The Morgan fingerprint density at radius 3 is 2.41 bits per heavy atom. The van der Waals surface area contributed by atoms with Gasteiger partial charge >= 0.3 is 0 Å². The van der Waals surface area contributed by atoms with E-state index < -0.39 is 0 Å². The monoisotopic (exact) mass is 239 g/mol. The van der Waals surface area contributed by atoms with Crippen LogP contribution < -0.4 is 0 Å². The van der Waals surface area contributed by atoms with Gasteiger partial charge in [0.15, 0.2) is 0 Å². The molecule has 3 rings (SSSR count). The zero-order valence-electron chi connectivity index (χ0n) is 9.60. The van der Waals surface area contributed by atoms with Crippen molar-refractivity contribution in [3.05, 3.63) is 54.7 Å². The van der Waals surface area contributed by atoms with Crippen molar-refractivity contribution < 1.29 is 0 Å². The summed E-state index contributed by atoms with van der Waals surface area (Å²) in [5.41, 5.74) is 3.73. The molecule has 2 heteroatoms. The van der Waals surface area contributed by atoms with E-state index in [0.717, 1.165) is 0 Å². The van der Waals surface area contributed by atoms with Gasteiger partial charge in [0.2, 0.25) is 0 Å². The van der Waals surface area contributed by atoms with E-state index in [2.05, 4.69) is 59.8 Å². The second-order valence-electron chi connectivity index (χ2n) is 4.01. The molecule has 0 saturated heterocycles. The molecule has 0 spiro atoms. The van der Waals surface area contributed by atoms with E-state index in [4.69, 9.17) is 0 Å². The van der Waals surface area contributed by atoms with Crippen LogP contribution in [-0.2, 0) is 0 Å². The highest BCUT2D eigenvalue weighted by molar-refractivity contribution is 7.98. The van der Waals surface area contributed by atoms with E-state index in [-0.39, 0.29) is 0 Å². The minimum atomic E-state index is 1.19. The fraction of sp³-hybridized carbons (Fsp3) is 0.0667. The third kappa shape index (κ3) is 1.96. The Labute approximate surface area is 105 Å². The third-order valence-electron chi connectivity index (χ3n) is 2.98. The zero-order valence-corrected chi connectivity index (χ0v) is 10.4. The fourth-order valence-electron chi connectivity index (χ4n) is 2.02. The molecular formula is C15H13NS. The molecule has 0 amide bonds. The largest absolute Gasteiger partial charge is 0.361 e. The number of nitrogens with one attached hydrogen (secondary N) is 1. The molecule has 0 aliphatic heterocycles. The van der Waals surface area contributed by atoms with Crippen LogP contribution >= 0.6 is 11.8 Å². The zero-order chi connectivity index (χ0) is 11.7. The van der Waals surface area contributed by atoms with Gasteiger partial charge in [0.25, 0.3) is 0 Å². The van der Waals surface area contributed by atoms with Gasteiger partial charge in [0.1, 0.15) is 0 Å². The highest BCUT2D eigenvalue weighted by Gasteiger charge is 2.00. The normalized spacial score (nSPS) is 10.9. The average molecular weight is 239 g/mol. The Bertz CT molecular complexity index is 637. The summed E-state index contributed by atoms with van der Waals surface area (Å²) in [5, 5.41) is 1.26. The maximum absolute atomic E-state index is 3.21. The first-order valence-corrected chi connectivity index (χ1v) is 6.81. The minimum Gasteiger partial charge on any atom is -0.361 e. The Morgan fingerprint density at radius 2 is 1.65 bits per heavy atom. The number of hydrogen-bond acceptors (Lipinski definition) is 1. The van der Waals surface area contributed by atoms with Gasteiger partial charge in [-0.05, 0) is 53.1 Å². The second-order valence-corrected chi connectivity index (χ2v) is 4.89. The molecule has 17 heavy (non-hydrogen) atoms. The number of hydrogen-bond donors (Lipinski definition) is 1. The van der Waals surface area contributed by atoms with E-state index >= 15 is 0 Å². The number of aromatic nitrogens is 1. The molecular weight excluding hydrogens is 226 g/mol. The standard InChI is InChI=1S/C15H13NS/c1-17-14-5-2-11(3-6-14)12-4-7-15-13(10-12)8-9-16-15/h2-10,16H,1H3. The van der Waals surface area contributed by atoms with Crippen LogP contribution in [0.15, 0.2) is 59.6 Å². The lowest BCUT2D eigenvalue weighted by atomic mass is 10.0. The van der Waals surface area contributed by atoms with Crippen LogP contribution in [0, 0.1) is 0 Å². The molecule has 1 nitrogen and oxygen atoms in total. The Kier molecular flexibility index (Phi) is 2.65. The number of H-pyrrole nitrogens is 1. The number of benzene rings is 2. The first kappa shape index (κ1) is 10.5. The van der Waals surface area contributed by atoms with Crippen molar-refractivity contribution in [1.29, 1.82) is 0 Å². The smallest absolute Gasteiger partial charge is 0.0454 e. The van der Waals surface area contributed by atoms with Crippen LogP contribution in [-0.4, -0.2) is 11.2 Å². The molecule has 0 radical (unpaired) electrons. The van der Waals surface area contributed by atoms with Gasteiger partial charge in [-0.2, -0.15) is 0 Å². The van der Waals surface area contributed by atoms with Gasteiger partial charge in [-0.3, -0.25) is 0 Å². The van der Waals surface area contributed by atoms with Crippen LogP contribution in [0.5, 0.6) is 0 Å². The highest BCUT2D eigenvalue weighted by Crippen LogP contribution is 2.25. The molecule has 1 heterocycles. The first-order valence-electron chi connectivity index (χ1n) is 5.58. The van der Waals surface area contributed by atoms with E-state index in [1.54, 1.807) is 11.8 Å². The minimum absolute atomic E-state index is 1.19. The number of thioether (sulfide) groups is 1. The second kappa shape index (κ2) is 4.30. The topological polar surface area (TPSA) is 15.8 Å². The molecule has 0 saturated carbocycles. The van der Waals surface area contributed by atoms with Crippen molar-refractivity contribution in [1.82, 2.24) is 4.98 Å². The number of aromatic amines is 1. The lowest BCUT2D eigenvalue weighted by molar-refractivity contribution is 1.46. The van der Waals surface area contributed by atoms with Gasteiger partial charge in [-0.1, -0.05) is 18.2 Å². The van der Waals surface area contributed by atoms with Gasteiger partial charge < -0.3 is 4.98 Å². The Balaban J connectivity index is 2.06. The van der Waals surface area contributed by atoms with Crippen LogP contribution in [0.2, 0.25) is 0 Å².